The maximum absolute atomic E-state index is 10.8. The quantitative estimate of drug-likeness (QED) is 0.802. The van der Waals surface area contributed by atoms with Crippen molar-refractivity contribution in [2.75, 3.05) is 13.1 Å². The molecule has 0 radical (unpaired) electrons. The molecule has 3 heteroatoms. The van der Waals surface area contributed by atoms with Crippen molar-refractivity contribution in [3.8, 4) is 0 Å². The lowest BCUT2D eigenvalue weighted by Gasteiger charge is -2.29. The van der Waals surface area contributed by atoms with Crippen LogP contribution in [0.2, 0.25) is 0 Å². The molecule has 1 aliphatic heterocycles. The van der Waals surface area contributed by atoms with Gasteiger partial charge in [-0.15, -0.1) is 0 Å². The largest absolute Gasteiger partial charge is 0.303 e. The van der Waals surface area contributed by atoms with Gasteiger partial charge in [0, 0.05) is 23.5 Å². The number of hydrogen-bond donors (Lipinski definition) is 0. The van der Waals surface area contributed by atoms with E-state index >= 15 is 0 Å². The monoisotopic (exact) mass is 268 g/mol. The van der Waals surface area contributed by atoms with Crippen molar-refractivity contribution in [2.45, 2.75) is 26.3 Å². The number of para-hydroxylation sites is 1. The summed E-state index contributed by atoms with van der Waals surface area (Å²) in [5.41, 5.74) is 3.49. The van der Waals surface area contributed by atoms with Crippen molar-refractivity contribution in [3.63, 3.8) is 0 Å². The third kappa shape index (κ3) is 2.73. The van der Waals surface area contributed by atoms with Crippen molar-refractivity contribution in [3.05, 3.63) is 41.6 Å². The summed E-state index contributed by atoms with van der Waals surface area (Å²) >= 11 is 0. The van der Waals surface area contributed by atoms with E-state index in [4.69, 9.17) is 0 Å². The van der Waals surface area contributed by atoms with Crippen LogP contribution < -0.4 is 0 Å². The minimum atomic E-state index is 0.266. The van der Waals surface area contributed by atoms with Gasteiger partial charge in [0.15, 0.2) is 0 Å². The summed E-state index contributed by atoms with van der Waals surface area (Å²) in [6, 6.07) is 10.5. The molecule has 0 saturated carbocycles. The fourth-order valence-corrected chi connectivity index (χ4v) is 3.01. The molecule has 0 atom stereocenters. The number of pyridine rings is 1. The Bertz CT molecular complexity index is 615. The molecule has 0 unspecified atom stereocenters. The molecule has 2 aromatic rings. The summed E-state index contributed by atoms with van der Waals surface area (Å²) in [4.78, 5) is 17.9. The first-order chi connectivity index (χ1) is 9.76. The van der Waals surface area contributed by atoms with Gasteiger partial charge in [-0.1, -0.05) is 18.2 Å². The molecule has 0 spiro atoms. The van der Waals surface area contributed by atoms with Crippen LogP contribution in [0.4, 0.5) is 0 Å². The summed E-state index contributed by atoms with van der Waals surface area (Å²) in [5, 5.41) is 1.25. The first kappa shape index (κ1) is 13.3. The van der Waals surface area contributed by atoms with Gasteiger partial charge < -0.3 is 4.79 Å². The van der Waals surface area contributed by atoms with Gasteiger partial charge in [-0.2, -0.15) is 0 Å². The Labute approximate surface area is 119 Å². The Hall–Kier alpha value is -1.74. The molecule has 3 rings (SSSR count). The highest BCUT2D eigenvalue weighted by atomic mass is 16.1. The van der Waals surface area contributed by atoms with Gasteiger partial charge in [-0.25, -0.2) is 0 Å². The van der Waals surface area contributed by atoms with Crippen LogP contribution in [0.5, 0.6) is 0 Å². The molecule has 20 heavy (non-hydrogen) atoms. The average Bonchev–Trinajstić information content (AvgIpc) is 2.48. The standard InChI is InChI=1S/C17H20N2O/c1-13-10-15(16-4-2-3-5-17(16)18-13)11-19-8-6-14(12-20)7-9-19/h2-5,10,12,14H,6-9,11H2,1H3. The fraction of sp³-hybridized carbons (Fsp3) is 0.412. The average molecular weight is 268 g/mol. The molecule has 1 aromatic carbocycles. The molecule has 0 bridgehead atoms. The van der Waals surface area contributed by atoms with Gasteiger partial charge in [0.2, 0.25) is 0 Å². The van der Waals surface area contributed by atoms with Gasteiger partial charge in [0.05, 0.1) is 5.52 Å². The number of nitrogens with zero attached hydrogens (tertiary/aromatic N) is 2. The molecule has 0 N–H and O–H groups in total. The third-order valence-corrected chi connectivity index (χ3v) is 4.15. The van der Waals surface area contributed by atoms with Crippen molar-refractivity contribution < 1.29 is 4.79 Å². The van der Waals surface area contributed by atoms with Gasteiger partial charge in [-0.3, -0.25) is 9.88 Å². The predicted molar refractivity (Wildman–Crippen MR) is 80.5 cm³/mol. The van der Waals surface area contributed by atoms with E-state index in [0.29, 0.717) is 0 Å². The zero-order valence-electron chi connectivity index (χ0n) is 11.9. The maximum atomic E-state index is 10.8. The molecular weight excluding hydrogens is 248 g/mol. The zero-order valence-corrected chi connectivity index (χ0v) is 11.9. The van der Waals surface area contributed by atoms with Crippen LogP contribution in [0.25, 0.3) is 10.9 Å². The summed E-state index contributed by atoms with van der Waals surface area (Å²) in [6.07, 6.45) is 3.10. The minimum absolute atomic E-state index is 0.266. The lowest BCUT2D eigenvalue weighted by molar-refractivity contribution is -0.112. The molecule has 1 aromatic heterocycles. The number of hydrogen-bond acceptors (Lipinski definition) is 3. The Kier molecular flexibility index (Phi) is 3.79. The number of aromatic nitrogens is 1. The SMILES string of the molecule is Cc1cc(CN2CCC(C=O)CC2)c2ccccc2n1. The summed E-state index contributed by atoms with van der Waals surface area (Å²) < 4.78 is 0. The lowest BCUT2D eigenvalue weighted by atomic mass is 9.98. The highest BCUT2D eigenvalue weighted by Gasteiger charge is 2.19. The number of benzene rings is 1. The van der Waals surface area contributed by atoms with Gasteiger partial charge >= 0.3 is 0 Å². The Morgan fingerprint density at radius 3 is 2.80 bits per heavy atom. The second-order valence-electron chi connectivity index (χ2n) is 5.69. The topological polar surface area (TPSA) is 33.2 Å². The van der Waals surface area contributed by atoms with Crippen LogP contribution in [0.1, 0.15) is 24.1 Å². The Balaban J connectivity index is 1.82. The van der Waals surface area contributed by atoms with E-state index in [1.54, 1.807) is 0 Å². The second-order valence-corrected chi connectivity index (χ2v) is 5.69. The number of aldehydes is 1. The lowest BCUT2D eigenvalue weighted by Crippen LogP contribution is -2.33. The van der Waals surface area contributed by atoms with E-state index in [1.165, 1.54) is 10.9 Å². The number of carbonyl (C=O) groups excluding carboxylic acids is 1. The molecule has 1 saturated heterocycles. The molecule has 2 heterocycles. The van der Waals surface area contributed by atoms with E-state index in [-0.39, 0.29) is 5.92 Å². The third-order valence-electron chi connectivity index (χ3n) is 4.15. The molecular formula is C17H20N2O. The van der Waals surface area contributed by atoms with Crippen molar-refractivity contribution >= 4 is 17.2 Å². The molecule has 104 valence electrons. The number of rotatable bonds is 3. The van der Waals surface area contributed by atoms with Crippen LogP contribution in [0, 0.1) is 12.8 Å². The number of carbonyl (C=O) groups is 1. The molecule has 3 nitrogen and oxygen atoms in total. The Morgan fingerprint density at radius 1 is 1.30 bits per heavy atom. The normalized spacial score (nSPS) is 17.4. The first-order valence-electron chi connectivity index (χ1n) is 7.29. The highest BCUT2D eigenvalue weighted by Crippen LogP contribution is 2.22. The van der Waals surface area contributed by atoms with E-state index in [9.17, 15) is 4.79 Å². The number of likely N-dealkylation sites (tertiary alicyclic amines) is 1. The number of aryl methyl sites for hydroxylation is 1. The molecule has 1 fully saturated rings. The van der Waals surface area contributed by atoms with Crippen molar-refractivity contribution in [2.24, 2.45) is 5.92 Å². The van der Waals surface area contributed by atoms with E-state index in [1.807, 2.05) is 6.07 Å². The zero-order chi connectivity index (χ0) is 13.9. The predicted octanol–water partition coefficient (Wildman–Crippen LogP) is 2.95. The summed E-state index contributed by atoms with van der Waals surface area (Å²) in [5.74, 6) is 0.266. The van der Waals surface area contributed by atoms with E-state index in [2.05, 4.69) is 41.1 Å². The van der Waals surface area contributed by atoms with Crippen LogP contribution >= 0.6 is 0 Å². The van der Waals surface area contributed by atoms with Crippen LogP contribution in [-0.2, 0) is 11.3 Å². The fourth-order valence-electron chi connectivity index (χ4n) is 3.01. The second kappa shape index (κ2) is 5.71. The summed E-state index contributed by atoms with van der Waals surface area (Å²) in [6.45, 7) is 5.03. The number of fused-ring (bicyclic) bond motifs is 1. The van der Waals surface area contributed by atoms with Gasteiger partial charge in [0.1, 0.15) is 6.29 Å². The number of piperidine rings is 1. The molecule has 1 aliphatic rings. The van der Waals surface area contributed by atoms with Crippen LogP contribution in [0.3, 0.4) is 0 Å². The maximum Gasteiger partial charge on any atom is 0.123 e. The summed E-state index contributed by atoms with van der Waals surface area (Å²) in [7, 11) is 0. The van der Waals surface area contributed by atoms with Gasteiger partial charge in [-0.05, 0) is 50.6 Å². The molecule has 0 aliphatic carbocycles. The first-order valence-corrected chi connectivity index (χ1v) is 7.29. The Morgan fingerprint density at radius 2 is 2.05 bits per heavy atom. The van der Waals surface area contributed by atoms with Gasteiger partial charge in [0.25, 0.3) is 0 Å². The van der Waals surface area contributed by atoms with Crippen LogP contribution in [0.15, 0.2) is 30.3 Å². The van der Waals surface area contributed by atoms with Crippen LogP contribution in [-0.4, -0.2) is 29.3 Å². The van der Waals surface area contributed by atoms with Crippen molar-refractivity contribution in [1.82, 2.24) is 9.88 Å². The smallest absolute Gasteiger partial charge is 0.123 e. The van der Waals surface area contributed by atoms with Crippen molar-refractivity contribution in [1.29, 1.82) is 0 Å². The molecule has 0 amide bonds. The van der Waals surface area contributed by atoms with E-state index < -0.39 is 0 Å². The highest BCUT2D eigenvalue weighted by molar-refractivity contribution is 5.82. The van der Waals surface area contributed by atoms with E-state index in [0.717, 1.165) is 50.0 Å². The minimum Gasteiger partial charge on any atom is -0.303 e.